The van der Waals surface area contributed by atoms with Crippen LogP contribution in [0.25, 0.3) is 0 Å². The summed E-state index contributed by atoms with van der Waals surface area (Å²) in [6.45, 7) is 0.261. The van der Waals surface area contributed by atoms with E-state index in [4.69, 9.17) is 5.26 Å². The molecule has 0 radical (unpaired) electrons. The van der Waals surface area contributed by atoms with Crippen LogP contribution in [0.4, 0.5) is 0 Å². The molecule has 1 aromatic carbocycles. The number of aliphatic hydroxyl groups is 1. The molecule has 6 heteroatoms. The van der Waals surface area contributed by atoms with Gasteiger partial charge in [-0.25, -0.2) is 9.67 Å². The van der Waals surface area contributed by atoms with Crippen molar-refractivity contribution in [3.63, 3.8) is 0 Å². The van der Waals surface area contributed by atoms with Crippen LogP contribution < -0.4 is 0 Å². The van der Waals surface area contributed by atoms with E-state index in [0.29, 0.717) is 0 Å². The first kappa shape index (κ1) is 11.8. The van der Waals surface area contributed by atoms with E-state index in [-0.39, 0.29) is 12.4 Å². The molecule has 0 spiro atoms. The van der Waals surface area contributed by atoms with Gasteiger partial charge in [-0.2, -0.15) is 5.26 Å². The molecule has 2 rings (SSSR count). The van der Waals surface area contributed by atoms with Crippen molar-refractivity contribution in [3.05, 3.63) is 46.5 Å². The minimum atomic E-state index is -0.696. The summed E-state index contributed by atoms with van der Waals surface area (Å²) in [7, 11) is 0. The zero-order valence-corrected chi connectivity index (χ0v) is 10.4. The van der Waals surface area contributed by atoms with Crippen molar-refractivity contribution < 1.29 is 5.11 Å². The summed E-state index contributed by atoms with van der Waals surface area (Å²) in [5, 5.41) is 22.5. The Hall–Kier alpha value is -1.71. The van der Waals surface area contributed by atoms with Crippen LogP contribution in [0.15, 0.2) is 35.1 Å². The van der Waals surface area contributed by atoms with E-state index in [1.54, 1.807) is 0 Å². The van der Waals surface area contributed by atoms with Crippen LogP contribution in [0.1, 0.15) is 17.5 Å². The standard InChI is InChI=1S/C11H9BrN4O/c12-9-4-2-1-3-8(9)10(17)6-16-7-14-11(5-13)15-16/h1-4,7,10,17H,6H2. The Morgan fingerprint density at radius 2 is 2.24 bits per heavy atom. The van der Waals surface area contributed by atoms with Crippen LogP contribution in [0, 0.1) is 11.3 Å². The molecule has 0 saturated carbocycles. The number of aliphatic hydroxyl groups excluding tert-OH is 1. The van der Waals surface area contributed by atoms with Crippen molar-refractivity contribution in [2.24, 2.45) is 0 Å². The van der Waals surface area contributed by atoms with Crippen molar-refractivity contribution in [1.29, 1.82) is 5.26 Å². The number of nitriles is 1. The number of rotatable bonds is 3. The highest BCUT2D eigenvalue weighted by Crippen LogP contribution is 2.23. The number of hydrogen-bond donors (Lipinski definition) is 1. The Labute approximate surface area is 106 Å². The van der Waals surface area contributed by atoms with Gasteiger partial charge < -0.3 is 5.11 Å². The smallest absolute Gasteiger partial charge is 0.252 e. The van der Waals surface area contributed by atoms with Crippen molar-refractivity contribution in [2.45, 2.75) is 12.6 Å². The third-order valence-corrected chi connectivity index (χ3v) is 2.98. The van der Waals surface area contributed by atoms with E-state index in [0.717, 1.165) is 10.0 Å². The number of hydrogen-bond acceptors (Lipinski definition) is 4. The lowest BCUT2D eigenvalue weighted by molar-refractivity contribution is 0.150. The van der Waals surface area contributed by atoms with Gasteiger partial charge in [0.05, 0.1) is 12.6 Å². The summed E-state index contributed by atoms with van der Waals surface area (Å²) in [6.07, 6.45) is 0.734. The predicted octanol–water partition coefficient (Wildman–Crippen LogP) is 1.65. The zero-order chi connectivity index (χ0) is 12.3. The minimum absolute atomic E-state index is 0.101. The summed E-state index contributed by atoms with van der Waals surface area (Å²) >= 11 is 3.37. The summed E-state index contributed by atoms with van der Waals surface area (Å²) in [4.78, 5) is 3.77. The van der Waals surface area contributed by atoms with Crippen LogP contribution in [-0.4, -0.2) is 19.9 Å². The Balaban J connectivity index is 2.14. The van der Waals surface area contributed by atoms with Gasteiger partial charge in [0, 0.05) is 4.47 Å². The first-order valence-electron chi connectivity index (χ1n) is 4.92. The second-order valence-electron chi connectivity index (χ2n) is 3.44. The first-order valence-corrected chi connectivity index (χ1v) is 5.72. The maximum atomic E-state index is 10.0. The third kappa shape index (κ3) is 2.70. The molecule has 5 nitrogen and oxygen atoms in total. The highest BCUT2D eigenvalue weighted by molar-refractivity contribution is 9.10. The molecule has 1 atom stereocenters. The molecular formula is C11H9BrN4O. The fourth-order valence-corrected chi connectivity index (χ4v) is 2.00. The fraction of sp³-hybridized carbons (Fsp3) is 0.182. The van der Waals surface area contributed by atoms with Crippen molar-refractivity contribution >= 4 is 15.9 Å². The monoisotopic (exact) mass is 292 g/mol. The Morgan fingerprint density at radius 3 is 2.88 bits per heavy atom. The highest BCUT2D eigenvalue weighted by Gasteiger charge is 2.12. The zero-order valence-electron chi connectivity index (χ0n) is 8.79. The summed E-state index contributed by atoms with van der Waals surface area (Å²) in [6, 6.07) is 9.26. The molecule has 0 bridgehead atoms. The third-order valence-electron chi connectivity index (χ3n) is 2.26. The Kier molecular flexibility index (Phi) is 3.52. The van der Waals surface area contributed by atoms with Crippen LogP contribution in [-0.2, 0) is 6.54 Å². The molecule has 0 aliphatic carbocycles. The molecule has 0 fully saturated rings. The maximum absolute atomic E-state index is 10.0. The summed E-state index contributed by atoms with van der Waals surface area (Å²) in [5.74, 6) is 0.101. The first-order chi connectivity index (χ1) is 8.20. The van der Waals surface area contributed by atoms with Gasteiger partial charge in [0.2, 0.25) is 0 Å². The van der Waals surface area contributed by atoms with E-state index >= 15 is 0 Å². The average molecular weight is 293 g/mol. The number of halogens is 1. The average Bonchev–Trinajstić information content (AvgIpc) is 2.77. The van der Waals surface area contributed by atoms with Gasteiger partial charge in [-0.3, -0.25) is 0 Å². The second kappa shape index (κ2) is 5.08. The van der Waals surface area contributed by atoms with Crippen LogP contribution in [0.5, 0.6) is 0 Å². The Bertz CT molecular complexity index is 561. The van der Waals surface area contributed by atoms with Crippen molar-refractivity contribution in [2.75, 3.05) is 0 Å². The molecule has 0 saturated heterocycles. The molecule has 1 unspecified atom stereocenters. The Morgan fingerprint density at radius 1 is 1.47 bits per heavy atom. The quantitative estimate of drug-likeness (QED) is 0.933. The second-order valence-corrected chi connectivity index (χ2v) is 4.29. The van der Waals surface area contributed by atoms with Gasteiger partial charge in [0.1, 0.15) is 12.4 Å². The van der Waals surface area contributed by atoms with Crippen LogP contribution >= 0.6 is 15.9 Å². The molecule has 1 heterocycles. The lowest BCUT2D eigenvalue weighted by Crippen LogP contribution is -2.09. The molecule has 0 aliphatic rings. The van der Waals surface area contributed by atoms with Gasteiger partial charge in [-0.05, 0) is 11.6 Å². The lowest BCUT2D eigenvalue weighted by Gasteiger charge is -2.12. The molecule has 1 N–H and O–H groups in total. The van der Waals surface area contributed by atoms with Gasteiger partial charge in [0.15, 0.2) is 0 Å². The SMILES string of the molecule is N#Cc1ncn(CC(O)c2ccccc2Br)n1. The molecular weight excluding hydrogens is 284 g/mol. The number of aromatic nitrogens is 3. The van der Waals surface area contributed by atoms with E-state index in [2.05, 4.69) is 26.0 Å². The van der Waals surface area contributed by atoms with Gasteiger partial charge >= 0.3 is 0 Å². The van der Waals surface area contributed by atoms with Gasteiger partial charge in [-0.15, -0.1) is 5.10 Å². The van der Waals surface area contributed by atoms with Crippen LogP contribution in [0.3, 0.4) is 0 Å². The topological polar surface area (TPSA) is 74.7 Å². The van der Waals surface area contributed by atoms with Crippen molar-refractivity contribution in [1.82, 2.24) is 14.8 Å². The molecule has 0 amide bonds. The van der Waals surface area contributed by atoms with E-state index in [1.807, 2.05) is 30.3 Å². The molecule has 86 valence electrons. The molecule has 17 heavy (non-hydrogen) atoms. The fourth-order valence-electron chi connectivity index (χ4n) is 1.45. The number of nitrogens with zero attached hydrogens (tertiary/aromatic N) is 4. The van der Waals surface area contributed by atoms with Crippen molar-refractivity contribution in [3.8, 4) is 6.07 Å². The highest BCUT2D eigenvalue weighted by atomic mass is 79.9. The summed E-state index contributed by atoms with van der Waals surface area (Å²) in [5.41, 5.74) is 0.779. The van der Waals surface area contributed by atoms with Crippen LogP contribution in [0.2, 0.25) is 0 Å². The van der Waals surface area contributed by atoms with Gasteiger partial charge in [-0.1, -0.05) is 34.1 Å². The minimum Gasteiger partial charge on any atom is -0.386 e. The summed E-state index contributed by atoms with van der Waals surface area (Å²) < 4.78 is 2.29. The molecule has 0 aliphatic heterocycles. The normalized spacial score (nSPS) is 12.1. The van der Waals surface area contributed by atoms with E-state index < -0.39 is 6.10 Å². The largest absolute Gasteiger partial charge is 0.386 e. The van der Waals surface area contributed by atoms with E-state index in [1.165, 1.54) is 11.0 Å². The van der Waals surface area contributed by atoms with Gasteiger partial charge in [0.25, 0.3) is 5.82 Å². The molecule has 2 aromatic rings. The van der Waals surface area contributed by atoms with E-state index in [9.17, 15) is 5.11 Å². The number of benzene rings is 1. The lowest BCUT2D eigenvalue weighted by atomic mass is 10.1. The molecule has 1 aromatic heterocycles. The maximum Gasteiger partial charge on any atom is 0.252 e. The predicted molar refractivity (Wildman–Crippen MR) is 63.8 cm³/mol.